The van der Waals surface area contributed by atoms with E-state index in [-0.39, 0.29) is 18.2 Å². The van der Waals surface area contributed by atoms with E-state index >= 15 is 0 Å². The van der Waals surface area contributed by atoms with Gasteiger partial charge in [0.05, 0.1) is 6.04 Å². The van der Waals surface area contributed by atoms with Gasteiger partial charge in [-0.05, 0) is 52.2 Å². The summed E-state index contributed by atoms with van der Waals surface area (Å²) in [6, 6.07) is 1.48. The molecule has 0 spiro atoms. The van der Waals surface area contributed by atoms with Crippen LogP contribution in [-0.2, 0) is 10.3 Å². The van der Waals surface area contributed by atoms with Crippen molar-refractivity contribution in [2.24, 2.45) is 0 Å². The van der Waals surface area contributed by atoms with Crippen LogP contribution in [0.2, 0.25) is 5.15 Å². The summed E-state index contributed by atoms with van der Waals surface area (Å²) in [5.74, 6) is 0. The monoisotopic (exact) mass is 338 g/mol. The fraction of sp³-hybridized carbons (Fsp3) is 0.647. The smallest absolute Gasteiger partial charge is 0.410 e. The molecule has 0 radical (unpaired) electrons. The number of amides is 1. The summed E-state index contributed by atoms with van der Waals surface area (Å²) < 4.78 is 5.52. The van der Waals surface area contributed by atoms with Crippen LogP contribution in [0.1, 0.15) is 51.2 Å². The molecule has 2 aliphatic heterocycles. The Bertz CT molecular complexity index is 643. The van der Waals surface area contributed by atoms with Gasteiger partial charge in [0.15, 0.2) is 0 Å². The standard InChI is InChI=1S/C17H23ClN2O3/c1-10-7-14(18)19-9-12(10)17(22)8-11-5-6-13(17)20(11)15(21)23-16(2,3)4/h7,9,11,13,22H,5-6,8H2,1-4H3/t11-,13+,17-/m0/s1. The Hall–Kier alpha value is -1.33. The lowest BCUT2D eigenvalue weighted by atomic mass is 9.78. The van der Waals surface area contributed by atoms with Crippen LogP contribution in [0.5, 0.6) is 0 Å². The first kappa shape index (κ1) is 16.5. The lowest BCUT2D eigenvalue weighted by molar-refractivity contribution is -0.0161. The summed E-state index contributed by atoms with van der Waals surface area (Å²) in [6.45, 7) is 7.46. The van der Waals surface area contributed by atoms with Crippen LogP contribution in [-0.4, -0.2) is 38.8 Å². The minimum atomic E-state index is -1.08. The number of carbonyl (C=O) groups is 1. The Morgan fingerprint density at radius 3 is 2.78 bits per heavy atom. The number of hydrogen-bond acceptors (Lipinski definition) is 4. The zero-order valence-corrected chi connectivity index (χ0v) is 14.7. The van der Waals surface area contributed by atoms with Crippen molar-refractivity contribution in [2.45, 2.75) is 70.2 Å². The molecule has 3 atom stereocenters. The fourth-order valence-corrected chi connectivity index (χ4v) is 4.12. The first-order valence-corrected chi connectivity index (χ1v) is 8.36. The third kappa shape index (κ3) is 2.81. The van der Waals surface area contributed by atoms with Gasteiger partial charge in [0.25, 0.3) is 0 Å². The Morgan fingerprint density at radius 1 is 1.48 bits per heavy atom. The highest BCUT2D eigenvalue weighted by molar-refractivity contribution is 6.29. The van der Waals surface area contributed by atoms with Gasteiger partial charge in [-0.3, -0.25) is 4.90 Å². The molecule has 0 saturated carbocycles. The van der Waals surface area contributed by atoms with E-state index in [1.807, 2.05) is 27.7 Å². The number of aliphatic hydroxyl groups is 1. The quantitative estimate of drug-likeness (QED) is 0.797. The number of carbonyl (C=O) groups excluding carboxylic acids is 1. The highest BCUT2D eigenvalue weighted by Crippen LogP contribution is 2.50. The van der Waals surface area contributed by atoms with Crippen molar-refractivity contribution in [3.63, 3.8) is 0 Å². The average molecular weight is 339 g/mol. The van der Waals surface area contributed by atoms with Crippen molar-refractivity contribution in [2.75, 3.05) is 0 Å². The highest BCUT2D eigenvalue weighted by atomic mass is 35.5. The van der Waals surface area contributed by atoms with E-state index < -0.39 is 11.2 Å². The van der Waals surface area contributed by atoms with Gasteiger partial charge >= 0.3 is 6.09 Å². The molecular weight excluding hydrogens is 316 g/mol. The van der Waals surface area contributed by atoms with Crippen molar-refractivity contribution in [1.82, 2.24) is 9.88 Å². The zero-order chi connectivity index (χ0) is 17.0. The van der Waals surface area contributed by atoms with E-state index in [2.05, 4.69) is 4.98 Å². The lowest BCUT2D eigenvalue weighted by Crippen LogP contribution is -2.45. The fourth-order valence-electron chi connectivity index (χ4n) is 3.90. The van der Waals surface area contributed by atoms with E-state index in [4.69, 9.17) is 16.3 Å². The summed E-state index contributed by atoms with van der Waals surface area (Å²) >= 11 is 5.92. The molecule has 3 rings (SSSR count). The Kier molecular flexibility index (Phi) is 3.84. The van der Waals surface area contributed by atoms with E-state index in [0.717, 1.165) is 24.0 Å². The Morgan fingerprint density at radius 2 is 2.17 bits per heavy atom. The lowest BCUT2D eigenvalue weighted by Gasteiger charge is -2.34. The van der Waals surface area contributed by atoms with Gasteiger partial charge in [-0.25, -0.2) is 9.78 Å². The van der Waals surface area contributed by atoms with E-state index in [1.54, 1.807) is 17.2 Å². The predicted octanol–water partition coefficient (Wildman–Crippen LogP) is 3.40. The summed E-state index contributed by atoms with van der Waals surface area (Å²) in [4.78, 5) is 18.4. The Balaban J connectivity index is 1.91. The van der Waals surface area contributed by atoms with Gasteiger partial charge in [0, 0.05) is 24.2 Å². The molecule has 1 aromatic rings. The maximum absolute atomic E-state index is 12.5. The second kappa shape index (κ2) is 5.35. The number of nitrogens with zero attached hydrogens (tertiary/aromatic N) is 2. The number of pyridine rings is 1. The first-order chi connectivity index (χ1) is 10.6. The molecule has 0 unspecified atom stereocenters. The van der Waals surface area contributed by atoms with Gasteiger partial charge < -0.3 is 9.84 Å². The van der Waals surface area contributed by atoms with Crippen molar-refractivity contribution >= 4 is 17.7 Å². The third-order valence-corrected chi connectivity index (χ3v) is 4.96. The molecule has 1 aromatic heterocycles. The molecule has 2 bridgehead atoms. The minimum absolute atomic E-state index is 0.00919. The van der Waals surface area contributed by atoms with E-state index in [9.17, 15) is 9.90 Å². The van der Waals surface area contributed by atoms with Crippen LogP contribution in [0.15, 0.2) is 12.3 Å². The van der Waals surface area contributed by atoms with Gasteiger partial charge in [0.2, 0.25) is 0 Å². The maximum Gasteiger partial charge on any atom is 0.410 e. The largest absolute Gasteiger partial charge is 0.444 e. The number of halogens is 1. The number of aryl methyl sites for hydroxylation is 1. The van der Waals surface area contributed by atoms with Crippen LogP contribution >= 0.6 is 11.6 Å². The molecule has 2 fully saturated rings. The summed E-state index contributed by atoms with van der Waals surface area (Å²) in [6.07, 6.45) is 3.46. The molecule has 0 aliphatic carbocycles. The number of fused-ring (bicyclic) bond motifs is 2. The summed E-state index contributed by atoms with van der Waals surface area (Å²) in [5.41, 5.74) is 0.0167. The molecule has 6 heteroatoms. The summed E-state index contributed by atoms with van der Waals surface area (Å²) in [7, 11) is 0. The number of hydrogen-bond donors (Lipinski definition) is 1. The molecule has 23 heavy (non-hydrogen) atoms. The molecule has 1 amide bonds. The molecule has 1 N–H and O–H groups in total. The van der Waals surface area contributed by atoms with Crippen LogP contribution in [0, 0.1) is 6.92 Å². The van der Waals surface area contributed by atoms with Crippen molar-refractivity contribution in [1.29, 1.82) is 0 Å². The van der Waals surface area contributed by atoms with E-state index in [0.29, 0.717) is 11.6 Å². The zero-order valence-electron chi connectivity index (χ0n) is 14.0. The molecule has 126 valence electrons. The molecule has 2 saturated heterocycles. The van der Waals surface area contributed by atoms with Gasteiger partial charge in [-0.15, -0.1) is 0 Å². The van der Waals surface area contributed by atoms with Crippen LogP contribution in [0.3, 0.4) is 0 Å². The second-order valence-electron chi connectivity index (χ2n) is 7.58. The first-order valence-electron chi connectivity index (χ1n) is 7.98. The SMILES string of the molecule is Cc1cc(Cl)ncc1[C@@]1(O)C[C@@H]2CC[C@H]1N2C(=O)OC(C)(C)C. The van der Waals surface area contributed by atoms with Gasteiger partial charge in [0.1, 0.15) is 16.4 Å². The third-order valence-electron chi connectivity index (χ3n) is 4.75. The van der Waals surface area contributed by atoms with Crippen LogP contribution in [0.4, 0.5) is 4.79 Å². The van der Waals surface area contributed by atoms with Gasteiger partial charge in [-0.1, -0.05) is 11.6 Å². The molecule has 0 aromatic carbocycles. The average Bonchev–Trinajstić information content (AvgIpc) is 2.91. The van der Waals surface area contributed by atoms with Crippen molar-refractivity contribution in [3.05, 3.63) is 28.5 Å². The Labute approximate surface area is 141 Å². The van der Waals surface area contributed by atoms with Crippen molar-refractivity contribution in [3.8, 4) is 0 Å². The maximum atomic E-state index is 12.5. The number of ether oxygens (including phenoxy) is 1. The van der Waals surface area contributed by atoms with Crippen LogP contribution in [0.25, 0.3) is 0 Å². The normalized spacial score (nSPS) is 29.9. The molecule has 5 nitrogen and oxygen atoms in total. The highest BCUT2D eigenvalue weighted by Gasteiger charge is 2.59. The van der Waals surface area contributed by atoms with Crippen molar-refractivity contribution < 1.29 is 14.6 Å². The van der Waals surface area contributed by atoms with Crippen LogP contribution < -0.4 is 0 Å². The molecule has 2 aliphatic rings. The minimum Gasteiger partial charge on any atom is -0.444 e. The van der Waals surface area contributed by atoms with E-state index in [1.165, 1.54) is 0 Å². The second-order valence-corrected chi connectivity index (χ2v) is 7.97. The van der Waals surface area contributed by atoms with Gasteiger partial charge in [-0.2, -0.15) is 0 Å². The number of rotatable bonds is 1. The molecule has 3 heterocycles. The number of aromatic nitrogens is 1. The summed E-state index contributed by atoms with van der Waals surface area (Å²) in [5, 5.41) is 11.7. The topological polar surface area (TPSA) is 62.7 Å². The molecular formula is C17H23ClN2O3. The predicted molar refractivity (Wildman–Crippen MR) is 87.4 cm³/mol.